The van der Waals surface area contributed by atoms with Crippen LogP contribution in [0.25, 0.3) is 11.1 Å². The third kappa shape index (κ3) is 3.04. The molecule has 0 aliphatic rings. The van der Waals surface area contributed by atoms with E-state index < -0.39 is 5.97 Å². The summed E-state index contributed by atoms with van der Waals surface area (Å²) < 4.78 is 0. The second-order valence-corrected chi connectivity index (χ2v) is 4.31. The van der Waals surface area contributed by atoms with Gasteiger partial charge in [-0.1, -0.05) is 6.07 Å². The Balaban J connectivity index is 2.31. The summed E-state index contributed by atoms with van der Waals surface area (Å²) in [6.45, 7) is 0. The van der Waals surface area contributed by atoms with Crippen molar-refractivity contribution in [3.05, 3.63) is 43.0 Å². The summed E-state index contributed by atoms with van der Waals surface area (Å²) in [5, 5.41) is 8.69. The molecule has 0 amide bonds. The van der Waals surface area contributed by atoms with E-state index in [9.17, 15) is 4.79 Å². The Morgan fingerprint density at radius 1 is 1.24 bits per heavy atom. The third-order valence-electron chi connectivity index (χ3n) is 2.10. The molecule has 2 aromatic heterocycles. The Morgan fingerprint density at radius 3 is 2.76 bits per heavy atom. The van der Waals surface area contributed by atoms with Crippen LogP contribution in [0, 0.1) is 0 Å². The van der Waals surface area contributed by atoms with Crippen LogP contribution < -0.4 is 0 Å². The van der Waals surface area contributed by atoms with Crippen LogP contribution in [0.15, 0.2) is 47.9 Å². The first-order valence-corrected chi connectivity index (χ1v) is 5.95. The number of pyridine rings is 2. The molecule has 0 aliphatic heterocycles. The minimum absolute atomic E-state index is 0.0390. The highest BCUT2D eigenvalue weighted by molar-refractivity contribution is 8.00. The molecule has 0 saturated carbocycles. The lowest BCUT2D eigenvalue weighted by Gasteiger charge is -2.06. The molecule has 17 heavy (non-hydrogen) atoms. The van der Waals surface area contributed by atoms with E-state index in [1.54, 1.807) is 24.8 Å². The largest absolute Gasteiger partial charge is 0.481 e. The molecule has 5 heteroatoms. The number of aromatic nitrogens is 2. The summed E-state index contributed by atoms with van der Waals surface area (Å²) in [5.74, 6) is -0.791. The molecule has 0 aromatic carbocycles. The Bertz CT molecular complexity index is 517. The number of carboxylic acids is 1. The fraction of sp³-hybridized carbons (Fsp3) is 0.0833. The summed E-state index contributed by atoms with van der Waals surface area (Å²) in [7, 11) is 0. The number of aliphatic carboxylic acids is 1. The van der Waals surface area contributed by atoms with Crippen molar-refractivity contribution in [1.82, 2.24) is 9.97 Å². The minimum Gasteiger partial charge on any atom is -0.481 e. The number of thioether (sulfide) groups is 1. The van der Waals surface area contributed by atoms with E-state index in [-0.39, 0.29) is 5.75 Å². The third-order valence-corrected chi connectivity index (χ3v) is 3.16. The van der Waals surface area contributed by atoms with Crippen LogP contribution in [0.2, 0.25) is 0 Å². The monoisotopic (exact) mass is 246 g/mol. The zero-order chi connectivity index (χ0) is 12.1. The SMILES string of the molecule is O=C(O)CSc1ccncc1-c1cccnc1. The lowest BCUT2D eigenvalue weighted by atomic mass is 10.1. The quantitative estimate of drug-likeness (QED) is 0.839. The summed E-state index contributed by atoms with van der Waals surface area (Å²) >= 11 is 1.28. The van der Waals surface area contributed by atoms with Gasteiger partial charge in [0.25, 0.3) is 0 Å². The first kappa shape index (κ1) is 11.6. The van der Waals surface area contributed by atoms with E-state index in [2.05, 4.69) is 9.97 Å². The number of carbonyl (C=O) groups is 1. The molecule has 2 rings (SSSR count). The number of hydrogen-bond donors (Lipinski definition) is 1. The van der Waals surface area contributed by atoms with Crippen molar-refractivity contribution in [2.24, 2.45) is 0 Å². The van der Waals surface area contributed by atoms with Gasteiger partial charge in [-0.25, -0.2) is 0 Å². The lowest BCUT2D eigenvalue weighted by molar-refractivity contribution is -0.133. The first-order valence-electron chi connectivity index (χ1n) is 4.96. The first-order chi connectivity index (χ1) is 8.27. The smallest absolute Gasteiger partial charge is 0.313 e. The Labute approximate surface area is 103 Å². The van der Waals surface area contributed by atoms with E-state index in [1.807, 2.05) is 18.2 Å². The average Bonchev–Trinajstić information content (AvgIpc) is 2.38. The van der Waals surface area contributed by atoms with Crippen LogP contribution in [0.4, 0.5) is 0 Å². The van der Waals surface area contributed by atoms with E-state index in [0.29, 0.717) is 0 Å². The molecule has 2 aromatic rings. The van der Waals surface area contributed by atoms with Gasteiger partial charge in [-0.05, 0) is 12.1 Å². The van der Waals surface area contributed by atoms with Crippen LogP contribution in [-0.4, -0.2) is 26.8 Å². The zero-order valence-corrected chi connectivity index (χ0v) is 9.72. The Kier molecular flexibility index (Phi) is 3.72. The van der Waals surface area contributed by atoms with Crippen molar-refractivity contribution in [2.75, 3.05) is 5.75 Å². The molecular weight excluding hydrogens is 236 g/mol. The van der Waals surface area contributed by atoms with Gasteiger partial charge in [-0.3, -0.25) is 14.8 Å². The van der Waals surface area contributed by atoms with Gasteiger partial charge in [0.2, 0.25) is 0 Å². The molecule has 0 aliphatic carbocycles. The highest BCUT2D eigenvalue weighted by Crippen LogP contribution is 2.29. The molecule has 0 radical (unpaired) electrons. The Hall–Kier alpha value is -1.88. The second-order valence-electron chi connectivity index (χ2n) is 3.30. The molecule has 0 unspecified atom stereocenters. The molecular formula is C12H10N2O2S. The molecule has 4 nitrogen and oxygen atoms in total. The van der Waals surface area contributed by atoms with Crippen molar-refractivity contribution >= 4 is 17.7 Å². The predicted molar refractivity (Wildman–Crippen MR) is 65.8 cm³/mol. The van der Waals surface area contributed by atoms with Crippen molar-refractivity contribution in [2.45, 2.75) is 4.90 Å². The summed E-state index contributed by atoms with van der Waals surface area (Å²) in [6.07, 6.45) is 6.82. The average molecular weight is 246 g/mol. The van der Waals surface area contributed by atoms with E-state index >= 15 is 0 Å². The summed E-state index contributed by atoms with van der Waals surface area (Å²) in [4.78, 5) is 19.6. The van der Waals surface area contributed by atoms with Crippen LogP contribution in [-0.2, 0) is 4.79 Å². The highest BCUT2D eigenvalue weighted by atomic mass is 32.2. The molecule has 0 fully saturated rings. The van der Waals surface area contributed by atoms with Crippen LogP contribution in [0.3, 0.4) is 0 Å². The highest BCUT2D eigenvalue weighted by Gasteiger charge is 2.07. The van der Waals surface area contributed by atoms with E-state index in [1.165, 1.54) is 11.8 Å². The fourth-order valence-electron chi connectivity index (χ4n) is 1.39. The second kappa shape index (κ2) is 5.45. The van der Waals surface area contributed by atoms with Crippen LogP contribution in [0.5, 0.6) is 0 Å². The summed E-state index contributed by atoms with van der Waals surface area (Å²) in [6, 6.07) is 5.58. The van der Waals surface area contributed by atoms with Gasteiger partial charge in [0.15, 0.2) is 0 Å². The standard InChI is InChI=1S/C12H10N2O2S/c15-12(16)8-17-11-3-5-14-7-10(11)9-2-1-4-13-6-9/h1-7H,8H2,(H,15,16). The van der Waals surface area contributed by atoms with Gasteiger partial charge in [0.1, 0.15) is 0 Å². The zero-order valence-electron chi connectivity index (χ0n) is 8.91. The number of nitrogens with zero attached hydrogens (tertiary/aromatic N) is 2. The Morgan fingerprint density at radius 2 is 2.06 bits per heavy atom. The molecule has 0 spiro atoms. The van der Waals surface area contributed by atoms with Gasteiger partial charge >= 0.3 is 5.97 Å². The van der Waals surface area contributed by atoms with Gasteiger partial charge in [0, 0.05) is 40.8 Å². The van der Waals surface area contributed by atoms with Crippen molar-refractivity contribution in [3.63, 3.8) is 0 Å². The number of carboxylic acid groups (broad SMARTS) is 1. The molecule has 2 heterocycles. The van der Waals surface area contributed by atoms with Crippen molar-refractivity contribution in [3.8, 4) is 11.1 Å². The van der Waals surface area contributed by atoms with E-state index in [0.717, 1.165) is 16.0 Å². The predicted octanol–water partition coefficient (Wildman–Crippen LogP) is 2.32. The molecule has 0 atom stereocenters. The normalized spacial score (nSPS) is 10.1. The number of rotatable bonds is 4. The van der Waals surface area contributed by atoms with Crippen LogP contribution in [0.1, 0.15) is 0 Å². The maximum absolute atomic E-state index is 10.6. The maximum Gasteiger partial charge on any atom is 0.313 e. The van der Waals surface area contributed by atoms with Gasteiger partial charge in [0.05, 0.1) is 5.75 Å². The van der Waals surface area contributed by atoms with Gasteiger partial charge < -0.3 is 5.11 Å². The van der Waals surface area contributed by atoms with Crippen molar-refractivity contribution < 1.29 is 9.90 Å². The maximum atomic E-state index is 10.6. The minimum atomic E-state index is -0.830. The van der Waals surface area contributed by atoms with Crippen LogP contribution >= 0.6 is 11.8 Å². The number of hydrogen-bond acceptors (Lipinski definition) is 4. The van der Waals surface area contributed by atoms with Crippen molar-refractivity contribution in [1.29, 1.82) is 0 Å². The fourth-order valence-corrected chi connectivity index (χ4v) is 2.15. The molecule has 86 valence electrons. The van der Waals surface area contributed by atoms with E-state index in [4.69, 9.17) is 5.11 Å². The van der Waals surface area contributed by atoms with Gasteiger partial charge in [-0.15, -0.1) is 11.8 Å². The topological polar surface area (TPSA) is 63.1 Å². The molecule has 0 saturated heterocycles. The lowest BCUT2D eigenvalue weighted by Crippen LogP contribution is -1.98. The summed E-state index contributed by atoms with van der Waals surface area (Å²) in [5.41, 5.74) is 1.85. The van der Waals surface area contributed by atoms with Gasteiger partial charge in [-0.2, -0.15) is 0 Å². The molecule has 0 bridgehead atoms. The molecule has 1 N–H and O–H groups in total.